The summed E-state index contributed by atoms with van der Waals surface area (Å²) in [6.45, 7) is 0. The molecule has 0 heterocycles. The Morgan fingerprint density at radius 1 is 1.19 bits per heavy atom. The van der Waals surface area contributed by atoms with Gasteiger partial charge >= 0.3 is 0 Å². The molecular weight excluding hydrogens is 328 g/mol. The summed E-state index contributed by atoms with van der Waals surface area (Å²) in [4.78, 5) is 0. The third kappa shape index (κ3) is 3.14. The van der Waals surface area contributed by atoms with Crippen molar-refractivity contribution in [3.05, 3.63) is 63.6 Å². The van der Waals surface area contributed by atoms with Crippen LogP contribution in [0.3, 0.4) is 0 Å². The number of rotatable bonds is 3. The lowest BCUT2D eigenvalue weighted by atomic mass is 9.77. The maximum atomic E-state index is 10.9. The largest absolute Gasteiger partial charge is 0.496 e. The second-order valence-electron chi connectivity index (χ2n) is 5.82. The number of hydrogen-bond acceptors (Lipinski definition) is 2. The number of hydrogen-bond donors (Lipinski definition) is 1. The zero-order valence-electron chi connectivity index (χ0n) is 12.1. The number of ether oxygens (including phenoxy) is 1. The fourth-order valence-corrected chi connectivity index (χ4v) is 3.72. The van der Waals surface area contributed by atoms with Gasteiger partial charge in [0, 0.05) is 12.8 Å². The lowest BCUT2D eigenvalue weighted by Crippen LogP contribution is -2.38. The molecule has 0 spiro atoms. The van der Waals surface area contributed by atoms with E-state index in [-0.39, 0.29) is 0 Å². The molecule has 21 heavy (non-hydrogen) atoms. The maximum absolute atomic E-state index is 10.9. The summed E-state index contributed by atoms with van der Waals surface area (Å²) in [5.41, 5.74) is 3.13. The second kappa shape index (κ2) is 5.82. The standard InChI is InChI=1S/C18H19BrO2/c1-21-17-7-6-13(10-16(17)19)11-18(20)9-8-14-4-2-3-5-15(14)12-18/h2-7,10,20H,8-9,11-12H2,1H3. The summed E-state index contributed by atoms with van der Waals surface area (Å²) in [6, 6.07) is 14.4. The molecule has 1 aliphatic rings. The second-order valence-corrected chi connectivity index (χ2v) is 6.67. The van der Waals surface area contributed by atoms with Crippen LogP contribution in [-0.2, 0) is 19.3 Å². The van der Waals surface area contributed by atoms with Gasteiger partial charge in [0.15, 0.2) is 0 Å². The van der Waals surface area contributed by atoms with Crippen LogP contribution < -0.4 is 4.74 Å². The van der Waals surface area contributed by atoms with E-state index in [0.29, 0.717) is 6.42 Å². The zero-order valence-corrected chi connectivity index (χ0v) is 13.7. The maximum Gasteiger partial charge on any atom is 0.133 e. The van der Waals surface area contributed by atoms with Gasteiger partial charge in [-0.1, -0.05) is 30.3 Å². The van der Waals surface area contributed by atoms with E-state index in [4.69, 9.17) is 4.74 Å². The number of methoxy groups -OCH3 is 1. The summed E-state index contributed by atoms with van der Waals surface area (Å²) in [5, 5.41) is 10.9. The zero-order chi connectivity index (χ0) is 14.9. The van der Waals surface area contributed by atoms with Crippen LogP contribution in [0.1, 0.15) is 23.1 Å². The predicted molar refractivity (Wildman–Crippen MR) is 87.8 cm³/mol. The van der Waals surface area contributed by atoms with E-state index in [1.165, 1.54) is 11.1 Å². The highest BCUT2D eigenvalue weighted by Gasteiger charge is 2.32. The molecule has 0 aromatic heterocycles. The first-order valence-corrected chi connectivity index (χ1v) is 8.00. The van der Waals surface area contributed by atoms with Crippen molar-refractivity contribution in [2.24, 2.45) is 0 Å². The topological polar surface area (TPSA) is 29.5 Å². The number of aryl methyl sites for hydroxylation is 1. The quantitative estimate of drug-likeness (QED) is 0.912. The third-order valence-corrected chi connectivity index (χ3v) is 4.87. The van der Waals surface area contributed by atoms with Crippen molar-refractivity contribution in [2.45, 2.75) is 31.3 Å². The van der Waals surface area contributed by atoms with Gasteiger partial charge in [0.25, 0.3) is 0 Å². The van der Waals surface area contributed by atoms with Gasteiger partial charge in [-0.2, -0.15) is 0 Å². The van der Waals surface area contributed by atoms with E-state index in [9.17, 15) is 5.11 Å². The van der Waals surface area contributed by atoms with Gasteiger partial charge in [-0.05, 0) is 57.6 Å². The molecule has 3 heteroatoms. The molecule has 1 N–H and O–H groups in total. The molecule has 2 aromatic rings. The predicted octanol–water partition coefficient (Wildman–Crippen LogP) is 3.92. The van der Waals surface area contributed by atoms with Crippen LogP contribution in [0.25, 0.3) is 0 Å². The molecule has 2 aromatic carbocycles. The van der Waals surface area contributed by atoms with E-state index in [1.54, 1.807) is 7.11 Å². The van der Waals surface area contributed by atoms with Gasteiger partial charge in [0.05, 0.1) is 17.2 Å². The lowest BCUT2D eigenvalue weighted by molar-refractivity contribution is 0.0267. The molecule has 0 fully saturated rings. The van der Waals surface area contributed by atoms with Crippen molar-refractivity contribution < 1.29 is 9.84 Å². The van der Waals surface area contributed by atoms with Crippen LogP contribution in [0.4, 0.5) is 0 Å². The molecule has 0 amide bonds. The van der Waals surface area contributed by atoms with E-state index in [0.717, 1.165) is 35.0 Å². The van der Waals surface area contributed by atoms with Crippen LogP contribution in [0, 0.1) is 0 Å². The molecule has 0 bridgehead atoms. The SMILES string of the molecule is COc1ccc(CC2(O)CCc3ccccc3C2)cc1Br. The Bertz CT molecular complexity index is 653. The van der Waals surface area contributed by atoms with Gasteiger partial charge in [0.2, 0.25) is 0 Å². The average molecular weight is 347 g/mol. The average Bonchev–Trinajstić information content (AvgIpc) is 2.47. The number of aliphatic hydroxyl groups is 1. The molecule has 0 saturated heterocycles. The molecule has 1 unspecified atom stereocenters. The Morgan fingerprint density at radius 3 is 2.67 bits per heavy atom. The first-order valence-electron chi connectivity index (χ1n) is 7.21. The minimum atomic E-state index is -0.650. The van der Waals surface area contributed by atoms with Crippen molar-refractivity contribution in [1.82, 2.24) is 0 Å². The first kappa shape index (κ1) is 14.6. The summed E-state index contributed by atoms with van der Waals surface area (Å²) in [5.74, 6) is 0.819. The Labute approximate surface area is 133 Å². The van der Waals surface area contributed by atoms with Gasteiger partial charge in [-0.3, -0.25) is 0 Å². The summed E-state index contributed by atoms with van der Waals surface area (Å²) >= 11 is 3.51. The fraction of sp³-hybridized carbons (Fsp3) is 0.333. The Kier molecular flexibility index (Phi) is 4.05. The van der Waals surface area contributed by atoms with Gasteiger partial charge in [-0.25, -0.2) is 0 Å². The summed E-state index contributed by atoms with van der Waals surface area (Å²) in [7, 11) is 1.66. The number of halogens is 1. The number of benzene rings is 2. The molecule has 1 aliphatic carbocycles. The normalized spacial score (nSPS) is 20.9. The summed E-state index contributed by atoms with van der Waals surface area (Å²) < 4.78 is 6.18. The Hall–Kier alpha value is -1.32. The minimum Gasteiger partial charge on any atom is -0.496 e. The molecule has 3 rings (SSSR count). The molecule has 0 radical (unpaired) electrons. The van der Waals surface area contributed by atoms with Gasteiger partial charge in [0.1, 0.15) is 5.75 Å². The van der Waals surface area contributed by atoms with Crippen LogP contribution in [-0.4, -0.2) is 17.8 Å². The van der Waals surface area contributed by atoms with Crippen molar-refractivity contribution in [1.29, 1.82) is 0 Å². The van der Waals surface area contributed by atoms with E-state index >= 15 is 0 Å². The third-order valence-electron chi connectivity index (χ3n) is 4.25. The van der Waals surface area contributed by atoms with Crippen molar-refractivity contribution in [2.75, 3.05) is 7.11 Å². The highest BCUT2D eigenvalue weighted by atomic mass is 79.9. The monoisotopic (exact) mass is 346 g/mol. The number of fused-ring (bicyclic) bond motifs is 1. The van der Waals surface area contributed by atoms with Gasteiger partial charge < -0.3 is 9.84 Å². The highest BCUT2D eigenvalue weighted by Crippen LogP contribution is 2.33. The van der Waals surface area contributed by atoms with Crippen LogP contribution in [0.2, 0.25) is 0 Å². The van der Waals surface area contributed by atoms with Crippen molar-refractivity contribution >= 4 is 15.9 Å². The smallest absolute Gasteiger partial charge is 0.133 e. The van der Waals surface area contributed by atoms with Crippen LogP contribution in [0.5, 0.6) is 5.75 Å². The van der Waals surface area contributed by atoms with Crippen LogP contribution >= 0.6 is 15.9 Å². The first-order chi connectivity index (χ1) is 10.1. The molecule has 1 atom stereocenters. The van der Waals surface area contributed by atoms with Crippen LogP contribution in [0.15, 0.2) is 46.9 Å². The Morgan fingerprint density at radius 2 is 1.95 bits per heavy atom. The van der Waals surface area contributed by atoms with Crippen molar-refractivity contribution in [3.63, 3.8) is 0 Å². The Balaban J connectivity index is 1.80. The lowest BCUT2D eigenvalue weighted by Gasteiger charge is -2.33. The minimum absolute atomic E-state index is 0.650. The van der Waals surface area contributed by atoms with Gasteiger partial charge in [-0.15, -0.1) is 0 Å². The molecule has 2 nitrogen and oxygen atoms in total. The highest BCUT2D eigenvalue weighted by molar-refractivity contribution is 9.10. The van der Waals surface area contributed by atoms with E-state index in [1.807, 2.05) is 18.2 Å². The van der Waals surface area contributed by atoms with E-state index < -0.39 is 5.60 Å². The molecule has 0 aliphatic heterocycles. The molecule has 0 saturated carbocycles. The molecular formula is C18H19BrO2. The van der Waals surface area contributed by atoms with E-state index in [2.05, 4.69) is 40.2 Å². The summed E-state index contributed by atoms with van der Waals surface area (Å²) in [6.07, 6.45) is 3.16. The molecule has 110 valence electrons. The van der Waals surface area contributed by atoms with Crippen molar-refractivity contribution in [3.8, 4) is 5.75 Å². The fourth-order valence-electron chi connectivity index (χ4n) is 3.13.